The molecule has 0 amide bonds. The fraction of sp³-hybridized carbons (Fsp3) is 0.381. The van der Waals surface area contributed by atoms with Crippen molar-refractivity contribution in [3.63, 3.8) is 0 Å². The van der Waals surface area contributed by atoms with Crippen LogP contribution in [0.1, 0.15) is 18.4 Å². The molecule has 0 atom stereocenters. The molecule has 8 heteroatoms. The summed E-state index contributed by atoms with van der Waals surface area (Å²) in [7, 11) is 3.19. The van der Waals surface area contributed by atoms with E-state index in [1.165, 1.54) is 12.1 Å². The summed E-state index contributed by atoms with van der Waals surface area (Å²) in [5.41, 5.74) is 7.65. The molecule has 1 saturated heterocycles. The molecule has 1 heterocycles. The average Bonchev–Trinajstić information content (AvgIpc) is 2.73. The first-order valence-electron chi connectivity index (χ1n) is 9.19. The highest BCUT2D eigenvalue weighted by molar-refractivity contribution is 14.0. The first kappa shape index (κ1) is 23.2. The lowest BCUT2D eigenvalue weighted by Crippen LogP contribution is -2.38. The smallest absolute Gasteiger partial charge is 0.193 e. The summed E-state index contributed by atoms with van der Waals surface area (Å²) in [5, 5.41) is 3.09. The first-order chi connectivity index (χ1) is 13.6. The van der Waals surface area contributed by atoms with E-state index in [4.69, 9.17) is 19.9 Å². The van der Waals surface area contributed by atoms with Crippen molar-refractivity contribution in [3.05, 3.63) is 53.8 Å². The molecule has 1 fully saturated rings. The van der Waals surface area contributed by atoms with Gasteiger partial charge in [0, 0.05) is 24.7 Å². The minimum atomic E-state index is -0.249. The Labute approximate surface area is 187 Å². The minimum Gasteiger partial charge on any atom is -0.497 e. The van der Waals surface area contributed by atoms with Crippen LogP contribution in [0.15, 0.2) is 47.5 Å². The summed E-state index contributed by atoms with van der Waals surface area (Å²) < 4.78 is 29.5. The van der Waals surface area contributed by atoms with Gasteiger partial charge in [-0.25, -0.2) is 4.39 Å². The molecule has 158 valence electrons. The number of methoxy groups -OCH3 is 2. The zero-order valence-electron chi connectivity index (χ0n) is 16.6. The average molecular weight is 515 g/mol. The lowest BCUT2D eigenvalue weighted by Gasteiger charge is -2.36. The van der Waals surface area contributed by atoms with Crippen LogP contribution in [0.3, 0.4) is 0 Å². The molecule has 2 aromatic carbocycles. The number of rotatable bonds is 6. The third-order valence-corrected chi connectivity index (χ3v) is 5.13. The standard InChI is InChI=1S/C21H26FN3O3.HI/c1-26-17-7-8-19(27-2)18(13-17)25-20(23)24-14-21(9-11-28-12-10-21)15-3-5-16(22)6-4-15;/h3-8,13H,9-12,14H2,1-2H3,(H3,23,24,25);1H. The molecule has 0 bridgehead atoms. The molecule has 0 unspecified atom stereocenters. The molecule has 0 saturated carbocycles. The molecule has 0 spiro atoms. The molecule has 6 nitrogen and oxygen atoms in total. The second-order valence-corrected chi connectivity index (χ2v) is 6.79. The highest BCUT2D eigenvalue weighted by Gasteiger charge is 2.34. The van der Waals surface area contributed by atoms with Crippen molar-refractivity contribution < 1.29 is 18.6 Å². The van der Waals surface area contributed by atoms with E-state index >= 15 is 0 Å². The number of hydrogen-bond acceptors (Lipinski definition) is 4. The van der Waals surface area contributed by atoms with Crippen molar-refractivity contribution in [2.75, 3.05) is 39.3 Å². The SMILES string of the molecule is COc1ccc(OC)c(NC(N)=NCC2(c3ccc(F)cc3)CCOCC2)c1.I. The maximum absolute atomic E-state index is 13.4. The van der Waals surface area contributed by atoms with Gasteiger partial charge in [0.25, 0.3) is 0 Å². The Hall–Kier alpha value is -2.07. The molecule has 1 aliphatic rings. The Bertz CT molecular complexity index is 824. The summed E-state index contributed by atoms with van der Waals surface area (Å²) in [6.07, 6.45) is 1.61. The van der Waals surface area contributed by atoms with E-state index in [-0.39, 0.29) is 41.2 Å². The molecule has 1 aliphatic heterocycles. The third kappa shape index (κ3) is 5.72. The molecule has 3 N–H and O–H groups in total. The summed E-state index contributed by atoms with van der Waals surface area (Å²) in [5.74, 6) is 1.35. The van der Waals surface area contributed by atoms with Gasteiger partial charge in [0.15, 0.2) is 5.96 Å². The second-order valence-electron chi connectivity index (χ2n) is 6.79. The minimum absolute atomic E-state index is 0. The predicted molar refractivity (Wildman–Crippen MR) is 123 cm³/mol. The molecule has 2 aromatic rings. The fourth-order valence-electron chi connectivity index (χ4n) is 3.43. The summed E-state index contributed by atoms with van der Waals surface area (Å²) in [4.78, 5) is 4.58. The number of halogens is 2. The van der Waals surface area contributed by atoms with Gasteiger partial charge in [0.05, 0.1) is 26.5 Å². The number of hydrogen-bond donors (Lipinski definition) is 2. The van der Waals surface area contributed by atoms with Crippen LogP contribution in [0.2, 0.25) is 0 Å². The number of nitrogens with zero attached hydrogens (tertiary/aromatic N) is 1. The summed E-state index contributed by atoms with van der Waals surface area (Å²) >= 11 is 0. The molecular formula is C21H27FIN3O3. The van der Waals surface area contributed by atoms with E-state index in [2.05, 4.69) is 10.3 Å². The van der Waals surface area contributed by atoms with Crippen molar-refractivity contribution in [2.24, 2.45) is 10.7 Å². The zero-order valence-corrected chi connectivity index (χ0v) is 18.9. The van der Waals surface area contributed by atoms with Gasteiger partial charge in [-0.1, -0.05) is 12.1 Å². The Kier molecular flexibility index (Phi) is 8.51. The Morgan fingerprint density at radius 1 is 1.14 bits per heavy atom. The second kappa shape index (κ2) is 10.6. The van der Waals surface area contributed by atoms with Crippen LogP contribution in [0.5, 0.6) is 11.5 Å². The maximum atomic E-state index is 13.4. The molecular weight excluding hydrogens is 488 g/mol. The van der Waals surface area contributed by atoms with Crippen LogP contribution in [0.25, 0.3) is 0 Å². The van der Waals surface area contributed by atoms with Gasteiger partial charge >= 0.3 is 0 Å². The Morgan fingerprint density at radius 2 is 1.83 bits per heavy atom. The zero-order chi connectivity index (χ0) is 20.0. The predicted octanol–water partition coefficient (Wildman–Crippen LogP) is 3.94. The largest absolute Gasteiger partial charge is 0.497 e. The quantitative estimate of drug-likeness (QED) is 0.347. The molecule has 0 aliphatic carbocycles. The number of guanidine groups is 1. The van der Waals surface area contributed by atoms with Crippen LogP contribution in [-0.2, 0) is 10.2 Å². The Morgan fingerprint density at radius 3 is 2.45 bits per heavy atom. The van der Waals surface area contributed by atoms with E-state index in [9.17, 15) is 4.39 Å². The first-order valence-corrected chi connectivity index (χ1v) is 9.19. The summed E-state index contributed by atoms with van der Waals surface area (Å²) in [6, 6.07) is 12.0. The number of benzene rings is 2. The van der Waals surface area contributed by atoms with Crippen LogP contribution in [0, 0.1) is 5.82 Å². The highest BCUT2D eigenvalue weighted by Crippen LogP contribution is 2.35. The van der Waals surface area contributed by atoms with Gasteiger partial charge < -0.3 is 25.3 Å². The van der Waals surface area contributed by atoms with Crippen LogP contribution < -0.4 is 20.5 Å². The number of nitrogens with two attached hydrogens (primary N) is 1. The van der Waals surface area contributed by atoms with Crippen LogP contribution in [0.4, 0.5) is 10.1 Å². The Balaban J connectivity index is 0.00000300. The lowest BCUT2D eigenvalue weighted by molar-refractivity contribution is 0.0531. The third-order valence-electron chi connectivity index (χ3n) is 5.13. The van der Waals surface area contributed by atoms with Crippen molar-refractivity contribution in [1.29, 1.82) is 0 Å². The van der Waals surface area contributed by atoms with Gasteiger partial charge in [-0.15, -0.1) is 24.0 Å². The fourth-order valence-corrected chi connectivity index (χ4v) is 3.43. The number of nitrogens with one attached hydrogen (secondary N) is 1. The number of anilines is 1. The van der Waals surface area contributed by atoms with Crippen molar-refractivity contribution in [2.45, 2.75) is 18.3 Å². The molecule has 0 aromatic heterocycles. The van der Waals surface area contributed by atoms with Crippen molar-refractivity contribution in [3.8, 4) is 11.5 Å². The van der Waals surface area contributed by atoms with Gasteiger partial charge in [0.1, 0.15) is 17.3 Å². The normalized spacial score (nSPS) is 15.9. The van der Waals surface area contributed by atoms with E-state index in [0.29, 0.717) is 36.9 Å². The summed E-state index contributed by atoms with van der Waals surface area (Å²) in [6.45, 7) is 1.76. The van der Waals surface area contributed by atoms with Gasteiger partial charge in [0.2, 0.25) is 0 Å². The van der Waals surface area contributed by atoms with Crippen LogP contribution >= 0.6 is 24.0 Å². The van der Waals surface area contributed by atoms with Gasteiger partial charge in [-0.3, -0.25) is 4.99 Å². The molecule has 29 heavy (non-hydrogen) atoms. The van der Waals surface area contributed by atoms with Gasteiger partial charge in [-0.05, 0) is 42.7 Å². The molecule has 0 radical (unpaired) electrons. The maximum Gasteiger partial charge on any atom is 0.193 e. The van der Waals surface area contributed by atoms with E-state index in [0.717, 1.165) is 18.4 Å². The van der Waals surface area contributed by atoms with E-state index in [1.807, 2.05) is 18.2 Å². The number of ether oxygens (including phenoxy) is 3. The lowest BCUT2D eigenvalue weighted by atomic mass is 9.74. The van der Waals surface area contributed by atoms with E-state index < -0.39 is 0 Å². The monoisotopic (exact) mass is 515 g/mol. The highest BCUT2D eigenvalue weighted by atomic mass is 127. The number of aliphatic imine (C=N–C) groups is 1. The van der Waals surface area contributed by atoms with E-state index in [1.54, 1.807) is 26.4 Å². The van der Waals surface area contributed by atoms with Crippen molar-refractivity contribution >= 4 is 35.6 Å². The van der Waals surface area contributed by atoms with Crippen LogP contribution in [-0.4, -0.2) is 39.9 Å². The van der Waals surface area contributed by atoms with Gasteiger partial charge in [-0.2, -0.15) is 0 Å². The van der Waals surface area contributed by atoms with Crippen molar-refractivity contribution in [1.82, 2.24) is 0 Å². The topological polar surface area (TPSA) is 78.1 Å². The molecule has 3 rings (SSSR count).